The van der Waals surface area contributed by atoms with E-state index >= 15 is 0 Å². The predicted molar refractivity (Wildman–Crippen MR) is 122 cm³/mol. The van der Waals surface area contributed by atoms with Crippen LogP contribution in [0, 0.1) is 0 Å². The van der Waals surface area contributed by atoms with Crippen LogP contribution < -0.4 is 10.2 Å². The maximum atomic E-state index is 4.83. The Kier molecular flexibility index (Phi) is 6.30. The number of hydrogen-bond acceptors (Lipinski definition) is 5. The van der Waals surface area contributed by atoms with Gasteiger partial charge in [0.2, 0.25) is 5.95 Å². The van der Waals surface area contributed by atoms with Gasteiger partial charge in [0.25, 0.3) is 0 Å². The zero-order chi connectivity index (χ0) is 20.6. The first-order valence-electron chi connectivity index (χ1n) is 10.2. The lowest BCUT2D eigenvalue weighted by atomic mass is 10.1. The molecule has 4 rings (SSSR count). The van der Waals surface area contributed by atoms with Crippen molar-refractivity contribution in [1.29, 1.82) is 0 Å². The average molecular weight is 396 g/mol. The SMILES string of the molecule is CCN(Cc1ccccc1)c1cc(-c2ccccc2)nc(NCc2ccncc2)n1. The Morgan fingerprint density at radius 3 is 2.20 bits per heavy atom. The van der Waals surface area contributed by atoms with Gasteiger partial charge in [-0.25, -0.2) is 4.98 Å². The van der Waals surface area contributed by atoms with Crippen molar-refractivity contribution in [2.45, 2.75) is 20.0 Å². The number of hydrogen-bond donors (Lipinski definition) is 1. The first-order valence-corrected chi connectivity index (χ1v) is 10.2. The third-order valence-corrected chi connectivity index (χ3v) is 4.90. The van der Waals surface area contributed by atoms with Crippen LogP contribution in [0.1, 0.15) is 18.1 Å². The summed E-state index contributed by atoms with van der Waals surface area (Å²) in [5.74, 6) is 1.53. The van der Waals surface area contributed by atoms with E-state index in [2.05, 4.69) is 64.6 Å². The highest BCUT2D eigenvalue weighted by Gasteiger charge is 2.12. The molecule has 2 aromatic heterocycles. The first kappa shape index (κ1) is 19.6. The molecule has 4 aromatic rings. The van der Waals surface area contributed by atoms with E-state index in [1.54, 1.807) is 12.4 Å². The van der Waals surface area contributed by atoms with E-state index in [0.717, 1.165) is 35.7 Å². The van der Waals surface area contributed by atoms with E-state index in [9.17, 15) is 0 Å². The fourth-order valence-electron chi connectivity index (χ4n) is 3.27. The molecular weight excluding hydrogens is 370 g/mol. The number of aromatic nitrogens is 3. The van der Waals surface area contributed by atoms with Crippen molar-refractivity contribution in [2.75, 3.05) is 16.8 Å². The van der Waals surface area contributed by atoms with Crippen LogP contribution in [0.5, 0.6) is 0 Å². The van der Waals surface area contributed by atoms with Gasteiger partial charge in [0, 0.05) is 43.7 Å². The zero-order valence-electron chi connectivity index (χ0n) is 17.1. The number of pyridine rings is 1. The summed E-state index contributed by atoms with van der Waals surface area (Å²) in [5.41, 5.74) is 4.37. The van der Waals surface area contributed by atoms with E-state index in [-0.39, 0.29) is 0 Å². The summed E-state index contributed by atoms with van der Waals surface area (Å²) in [7, 11) is 0. The third-order valence-electron chi connectivity index (χ3n) is 4.90. The van der Waals surface area contributed by atoms with Gasteiger partial charge >= 0.3 is 0 Å². The zero-order valence-corrected chi connectivity index (χ0v) is 17.1. The lowest BCUT2D eigenvalue weighted by molar-refractivity contribution is 0.810. The first-order chi connectivity index (χ1) is 14.8. The lowest BCUT2D eigenvalue weighted by Gasteiger charge is -2.23. The second-order valence-corrected chi connectivity index (χ2v) is 7.01. The third kappa shape index (κ3) is 5.00. The van der Waals surface area contributed by atoms with E-state index in [4.69, 9.17) is 9.97 Å². The predicted octanol–water partition coefficient (Wildman–Crippen LogP) is 5.18. The fraction of sp³-hybridized carbons (Fsp3) is 0.160. The summed E-state index contributed by atoms with van der Waals surface area (Å²) >= 11 is 0. The van der Waals surface area contributed by atoms with Crippen molar-refractivity contribution in [1.82, 2.24) is 15.0 Å². The minimum Gasteiger partial charge on any atom is -0.352 e. The Hall–Kier alpha value is -3.73. The van der Waals surface area contributed by atoms with Crippen LogP contribution in [0.15, 0.2) is 91.3 Å². The van der Waals surface area contributed by atoms with Gasteiger partial charge in [-0.15, -0.1) is 0 Å². The maximum absolute atomic E-state index is 4.83. The van der Waals surface area contributed by atoms with Gasteiger partial charge in [-0.1, -0.05) is 60.7 Å². The molecule has 5 nitrogen and oxygen atoms in total. The molecule has 0 amide bonds. The Labute approximate surface area is 177 Å². The van der Waals surface area contributed by atoms with Gasteiger partial charge in [-0.05, 0) is 30.2 Å². The molecule has 0 saturated carbocycles. The molecular formula is C25H25N5. The Balaban J connectivity index is 1.65. The topological polar surface area (TPSA) is 53.9 Å². The van der Waals surface area contributed by atoms with Crippen LogP contribution in [0.3, 0.4) is 0 Å². The number of benzene rings is 2. The monoisotopic (exact) mass is 395 g/mol. The van der Waals surface area contributed by atoms with Gasteiger partial charge in [0.1, 0.15) is 5.82 Å². The molecule has 0 unspecified atom stereocenters. The Morgan fingerprint density at radius 2 is 1.50 bits per heavy atom. The van der Waals surface area contributed by atoms with Gasteiger partial charge in [-0.3, -0.25) is 4.98 Å². The quantitative estimate of drug-likeness (QED) is 0.446. The van der Waals surface area contributed by atoms with Crippen LogP contribution in [0.2, 0.25) is 0 Å². The standard InChI is InChI=1S/C25H25N5/c1-2-30(19-21-9-5-3-6-10-21)24-17-23(22-11-7-4-8-12-22)28-25(29-24)27-18-20-13-15-26-16-14-20/h3-17H,2,18-19H2,1H3,(H,27,28,29). The number of rotatable bonds is 8. The van der Waals surface area contributed by atoms with Crippen molar-refractivity contribution < 1.29 is 0 Å². The van der Waals surface area contributed by atoms with Gasteiger partial charge in [0.15, 0.2) is 0 Å². The van der Waals surface area contributed by atoms with Crippen LogP contribution in [0.25, 0.3) is 11.3 Å². The molecule has 1 N–H and O–H groups in total. The summed E-state index contributed by atoms with van der Waals surface area (Å²) in [6.45, 7) is 4.44. The molecule has 2 aromatic carbocycles. The largest absolute Gasteiger partial charge is 0.352 e. The molecule has 2 heterocycles. The fourth-order valence-corrected chi connectivity index (χ4v) is 3.27. The van der Waals surface area contributed by atoms with E-state index in [1.165, 1.54) is 5.56 Å². The summed E-state index contributed by atoms with van der Waals surface area (Å²) < 4.78 is 0. The molecule has 0 aliphatic carbocycles. The molecule has 0 bridgehead atoms. The van der Waals surface area contributed by atoms with E-state index in [0.29, 0.717) is 12.5 Å². The second kappa shape index (κ2) is 9.65. The molecule has 0 atom stereocenters. The highest BCUT2D eigenvalue weighted by atomic mass is 15.2. The summed E-state index contributed by atoms with van der Waals surface area (Å²) in [6, 6.07) is 26.7. The summed E-state index contributed by atoms with van der Waals surface area (Å²) in [4.78, 5) is 15.9. The number of anilines is 2. The second-order valence-electron chi connectivity index (χ2n) is 7.01. The summed E-state index contributed by atoms with van der Waals surface area (Å²) in [5, 5.41) is 3.38. The van der Waals surface area contributed by atoms with Crippen molar-refractivity contribution in [3.8, 4) is 11.3 Å². The molecule has 0 aliphatic rings. The number of nitrogens with one attached hydrogen (secondary N) is 1. The van der Waals surface area contributed by atoms with Crippen LogP contribution >= 0.6 is 0 Å². The molecule has 5 heteroatoms. The molecule has 0 fully saturated rings. The molecule has 150 valence electrons. The smallest absolute Gasteiger partial charge is 0.225 e. The van der Waals surface area contributed by atoms with Gasteiger partial charge in [-0.2, -0.15) is 4.98 Å². The number of nitrogens with zero attached hydrogens (tertiary/aromatic N) is 4. The van der Waals surface area contributed by atoms with E-state index < -0.39 is 0 Å². The van der Waals surface area contributed by atoms with E-state index in [1.807, 2.05) is 36.4 Å². The van der Waals surface area contributed by atoms with Crippen molar-refractivity contribution in [3.05, 3.63) is 102 Å². The minimum absolute atomic E-state index is 0.620. The Bertz CT molecular complexity index is 1050. The highest BCUT2D eigenvalue weighted by Crippen LogP contribution is 2.24. The molecule has 0 saturated heterocycles. The van der Waals surface area contributed by atoms with Gasteiger partial charge in [0.05, 0.1) is 5.69 Å². The van der Waals surface area contributed by atoms with Crippen LogP contribution in [0.4, 0.5) is 11.8 Å². The van der Waals surface area contributed by atoms with Crippen molar-refractivity contribution in [2.24, 2.45) is 0 Å². The van der Waals surface area contributed by atoms with Crippen LogP contribution in [-0.2, 0) is 13.1 Å². The molecule has 0 aliphatic heterocycles. The molecule has 0 spiro atoms. The normalized spacial score (nSPS) is 10.6. The summed E-state index contributed by atoms with van der Waals surface area (Å²) in [6.07, 6.45) is 3.59. The van der Waals surface area contributed by atoms with Crippen molar-refractivity contribution >= 4 is 11.8 Å². The van der Waals surface area contributed by atoms with Gasteiger partial charge < -0.3 is 10.2 Å². The van der Waals surface area contributed by atoms with Crippen LogP contribution in [-0.4, -0.2) is 21.5 Å². The maximum Gasteiger partial charge on any atom is 0.225 e. The molecule has 30 heavy (non-hydrogen) atoms. The molecule has 0 radical (unpaired) electrons. The minimum atomic E-state index is 0.620. The van der Waals surface area contributed by atoms with Crippen molar-refractivity contribution in [3.63, 3.8) is 0 Å². The highest BCUT2D eigenvalue weighted by molar-refractivity contribution is 5.65. The average Bonchev–Trinajstić information content (AvgIpc) is 2.83. The Morgan fingerprint density at radius 1 is 0.800 bits per heavy atom. The lowest BCUT2D eigenvalue weighted by Crippen LogP contribution is -2.23.